The molecule has 0 amide bonds. The van der Waals surface area contributed by atoms with Crippen molar-refractivity contribution in [1.29, 1.82) is 0 Å². The van der Waals surface area contributed by atoms with Gasteiger partial charge in [-0.3, -0.25) is 9.78 Å². The van der Waals surface area contributed by atoms with E-state index in [9.17, 15) is 9.90 Å². The molecule has 1 radical (unpaired) electrons. The van der Waals surface area contributed by atoms with Crippen LogP contribution in [0.2, 0.25) is 13.1 Å². The van der Waals surface area contributed by atoms with Gasteiger partial charge in [-0.15, -0.1) is 40.5 Å². The van der Waals surface area contributed by atoms with Gasteiger partial charge < -0.3 is 5.11 Å². The Bertz CT molecular complexity index is 2030. The van der Waals surface area contributed by atoms with Gasteiger partial charge in [-0.05, 0) is 53.1 Å². The van der Waals surface area contributed by atoms with Crippen LogP contribution in [0.4, 0.5) is 0 Å². The summed E-state index contributed by atoms with van der Waals surface area (Å²) in [5, 5.41) is 16.2. The third-order valence-corrected chi connectivity index (χ3v) is 14.9. The Kier molecular flexibility index (Phi) is 13.0. The van der Waals surface area contributed by atoms with E-state index in [-0.39, 0.29) is 48.9 Å². The van der Waals surface area contributed by atoms with Crippen LogP contribution in [0.1, 0.15) is 90.3 Å². The quantitative estimate of drug-likeness (QED) is 0.0693. The van der Waals surface area contributed by atoms with E-state index < -0.39 is 8.07 Å². The zero-order valence-corrected chi connectivity index (χ0v) is 35.2. The number of aromatic nitrogens is 2. The van der Waals surface area contributed by atoms with Gasteiger partial charge in [0.1, 0.15) is 13.1 Å². The van der Waals surface area contributed by atoms with E-state index in [4.69, 9.17) is 9.97 Å². The Balaban J connectivity index is 0.000000301. The second-order valence-corrected chi connectivity index (χ2v) is 20.0. The van der Waals surface area contributed by atoms with Gasteiger partial charge >= 0.3 is 0 Å². The van der Waals surface area contributed by atoms with Crippen molar-refractivity contribution in [1.82, 2.24) is 9.97 Å². The summed E-state index contributed by atoms with van der Waals surface area (Å²) < 4.78 is 1.14. The van der Waals surface area contributed by atoms with Crippen LogP contribution < -0.4 is 5.19 Å². The smallest absolute Gasteiger partial charge is 0.162 e. The fraction of sp³-hybridized carbons (Fsp3) is 0.372. The molecule has 0 spiro atoms. The average Bonchev–Trinajstić information content (AvgIpc) is 3.63. The molecule has 2 aromatic heterocycles. The summed E-state index contributed by atoms with van der Waals surface area (Å²) in [7, 11) is -1.78. The third kappa shape index (κ3) is 8.12. The second kappa shape index (κ2) is 16.4. The maximum absolute atomic E-state index is 11.7. The number of benzene rings is 3. The molecular weight excluding hydrogens is 829 g/mol. The number of pyridine rings is 1. The molecule has 0 saturated carbocycles. The van der Waals surface area contributed by atoms with Crippen molar-refractivity contribution in [3.05, 3.63) is 101 Å². The molecule has 3 heterocycles. The molecule has 265 valence electrons. The Morgan fingerprint density at radius 2 is 1.58 bits per heavy atom. The fourth-order valence-corrected chi connectivity index (χ4v) is 11.6. The van der Waals surface area contributed by atoms with E-state index in [0.29, 0.717) is 0 Å². The first-order valence-corrected chi connectivity index (χ1v) is 21.6. The normalized spacial score (nSPS) is 14.0. The van der Waals surface area contributed by atoms with E-state index >= 15 is 0 Å². The van der Waals surface area contributed by atoms with E-state index in [1.54, 1.807) is 11.3 Å². The molecule has 4 nitrogen and oxygen atoms in total. The number of aliphatic hydroxyl groups is 1. The molecule has 0 atom stereocenters. The number of aliphatic hydroxyl groups excluding tert-OH is 1. The van der Waals surface area contributed by atoms with Crippen molar-refractivity contribution in [3.8, 4) is 11.3 Å². The summed E-state index contributed by atoms with van der Waals surface area (Å²) in [4.78, 5) is 21.7. The number of carbonyl (C=O) groups is 1. The van der Waals surface area contributed by atoms with Crippen molar-refractivity contribution in [2.45, 2.75) is 92.7 Å². The number of allylic oxidation sites excluding steroid dienone is 2. The fourth-order valence-electron chi connectivity index (χ4n) is 6.92. The summed E-state index contributed by atoms with van der Waals surface area (Å²) in [5.74, 6) is 0.547. The van der Waals surface area contributed by atoms with Gasteiger partial charge in [0.05, 0.1) is 11.3 Å². The molecule has 0 fully saturated rings. The van der Waals surface area contributed by atoms with Crippen molar-refractivity contribution in [2.24, 2.45) is 11.8 Å². The van der Waals surface area contributed by atoms with Gasteiger partial charge in [0.15, 0.2) is 5.78 Å². The van der Waals surface area contributed by atoms with E-state index in [1.165, 1.54) is 33.0 Å². The molecule has 0 bridgehead atoms. The molecule has 50 heavy (non-hydrogen) atoms. The molecule has 1 aliphatic rings. The molecule has 6 rings (SSSR count). The molecule has 0 unspecified atom stereocenters. The van der Waals surface area contributed by atoms with Crippen LogP contribution in [0.3, 0.4) is 0 Å². The SMILES string of the molecule is CC(C)(C)c1cc(-c2nccc3nc(C4=Cc5ccccc5[Si]4(C)C)sc23)[c-]c2ccccc12.CCC(CC)C(=O)/C=C(\O)C(CC)CC.[Ir]. The monoisotopic (exact) mass is 880 g/mol. The predicted octanol–water partition coefficient (Wildman–Crippen LogP) is 11.5. The van der Waals surface area contributed by atoms with Crippen molar-refractivity contribution in [2.75, 3.05) is 0 Å². The van der Waals surface area contributed by atoms with Crippen molar-refractivity contribution >= 4 is 62.6 Å². The topological polar surface area (TPSA) is 63.1 Å². The number of hydrogen-bond acceptors (Lipinski definition) is 5. The molecule has 3 aromatic carbocycles. The number of ketones is 1. The average molecular weight is 880 g/mol. The Morgan fingerprint density at radius 1 is 0.940 bits per heavy atom. The van der Waals surface area contributed by atoms with Gasteiger partial charge in [-0.1, -0.05) is 121 Å². The number of nitrogens with zero attached hydrogens (tertiary/aromatic N) is 2. The summed E-state index contributed by atoms with van der Waals surface area (Å²) in [5.41, 5.74) is 5.74. The van der Waals surface area contributed by atoms with E-state index in [2.05, 4.69) is 101 Å². The van der Waals surface area contributed by atoms with E-state index in [1.807, 2.05) is 40.0 Å². The largest absolute Gasteiger partial charge is 0.512 e. The first-order valence-electron chi connectivity index (χ1n) is 17.8. The van der Waals surface area contributed by atoms with Gasteiger partial charge in [0, 0.05) is 54.6 Å². The Hall–Kier alpha value is -3.22. The maximum atomic E-state index is 11.7. The molecule has 1 N–H and O–H groups in total. The number of hydrogen-bond donors (Lipinski definition) is 1. The number of rotatable bonds is 9. The second-order valence-electron chi connectivity index (χ2n) is 14.7. The van der Waals surface area contributed by atoms with Crippen LogP contribution in [-0.2, 0) is 30.3 Å². The predicted molar refractivity (Wildman–Crippen MR) is 213 cm³/mol. The standard InChI is InChI=1S/C30H27N2SSi.C13H24O2.Ir/c1-30(2,3)23-17-21(16-19-10-6-8-12-22(19)23)27-28-24(14-15-31-27)32-29(33-28)26-18-20-11-7-9-13-25(20)34(26,4)5;1-5-10(6-2)12(14)9-13(15)11(7-3)8-4;/h6-15,17-18H,1-5H3;9-11,14H,5-8H2,1-4H3;/q-1;;/b;12-9-;. The molecule has 0 saturated heterocycles. The van der Waals surface area contributed by atoms with Gasteiger partial charge in [-0.2, -0.15) is 0 Å². The first kappa shape index (κ1) is 39.6. The molecule has 1 aliphatic heterocycles. The number of thiazole rings is 1. The number of carbonyl (C=O) groups excluding carboxylic acids is 1. The van der Waals surface area contributed by atoms with Crippen LogP contribution in [0.15, 0.2) is 78.7 Å². The maximum Gasteiger partial charge on any atom is 0.162 e. The minimum Gasteiger partial charge on any atom is -0.512 e. The minimum absolute atomic E-state index is 0. The molecule has 7 heteroatoms. The van der Waals surface area contributed by atoms with Crippen molar-refractivity contribution < 1.29 is 30.0 Å². The summed E-state index contributed by atoms with van der Waals surface area (Å²) in [6.45, 7) is 19.8. The Morgan fingerprint density at radius 3 is 2.22 bits per heavy atom. The van der Waals surface area contributed by atoms with Gasteiger partial charge in [0.25, 0.3) is 0 Å². The third-order valence-electron chi connectivity index (χ3n) is 10.1. The summed E-state index contributed by atoms with van der Waals surface area (Å²) in [6.07, 6.45) is 9.16. The minimum atomic E-state index is -1.78. The van der Waals surface area contributed by atoms with Crippen LogP contribution in [0.25, 0.3) is 43.5 Å². The summed E-state index contributed by atoms with van der Waals surface area (Å²) in [6, 6.07) is 25.4. The zero-order valence-electron chi connectivity index (χ0n) is 31.0. The summed E-state index contributed by atoms with van der Waals surface area (Å²) >= 11 is 1.78. The van der Waals surface area contributed by atoms with Gasteiger partial charge in [0.2, 0.25) is 0 Å². The van der Waals surface area contributed by atoms with Gasteiger partial charge in [-0.25, -0.2) is 4.98 Å². The van der Waals surface area contributed by atoms with Crippen LogP contribution >= 0.6 is 11.3 Å². The molecule has 5 aromatic rings. The molecular formula is C43H51IrN2O2SSi-. The van der Waals surface area contributed by atoms with Crippen LogP contribution in [-0.4, -0.2) is 28.9 Å². The molecule has 0 aliphatic carbocycles. The van der Waals surface area contributed by atoms with Crippen LogP contribution in [0.5, 0.6) is 0 Å². The number of fused-ring (bicyclic) bond motifs is 3. The van der Waals surface area contributed by atoms with Crippen molar-refractivity contribution in [3.63, 3.8) is 0 Å². The zero-order chi connectivity index (χ0) is 35.5. The Labute approximate surface area is 317 Å². The van der Waals surface area contributed by atoms with Crippen LogP contribution in [0, 0.1) is 17.9 Å². The van der Waals surface area contributed by atoms with E-state index in [0.717, 1.165) is 57.6 Å². The first-order chi connectivity index (χ1) is 23.3.